The number of aliphatic hydroxyl groups is 2. The van der Waals surface area contributed by atoms with Crippen molar-refractivity contribution in [1.29, 1.82) is 0 Å². The van der Waals surface area contributed by atoms with Crippen molar-refractivity contribution in [3.05, 3.63) is 48.2 Å². The van der Waals surface area contributed by atoms with Crippen LogP contribution < -0.4 is 4.74 Å². The highest BCUT2D eigenvalue weighted by atomic mass is 16.5. The number of ketones is 1. The van der Waals surface area contributed by atoms with Crippen LogP contribution in [0.1, 0.15) is 25.7 Å². The Morgan fingerprint density at radius 2 is 2.03 bits per heavy atom. The molecule has 1 aliphatic carbocycles. The summed E-state index contributed by atoms with van der Waals surface area (Å²) in [4.78, 5) is 23.2. The van der Waals surface area contributed by atoms with E-state index in [1.54, 1.807) is 24.3 Å². The van der Waals surface area contributed by atoms with Gasteiger partial charge in [-0.3, -0.25) is 9.59 Å². The Labute approximate surface area is 170 Å². The molecular weight excluding hydrogens is 376 g/mol. The Hall–Kier alpha value is -2.44. The topological polar surface area (TPSA) is 102 Å². The number of carbonyl (C=O) groups is 2. The SMILES string of the molecule is COC(=O)CCC=C=CC[C@@H]1C(=O)C[C@H](O)[C@H]1OCC(O)COc1ccccc1. The Kier molecular flexibility index (Phi) is 9.60. The van der Waals surface area contributed by atoms with E-state index >= 15 is 0 Å². The van der Waals surface area contributed by atoms with Gasteiger partial charge in [-0.2, -0.15) is 0 Å². The summed E-state index contributed by atoms with van der Waals surface area (Å²) in [5.41, 5.74) is 2.93. The number of para-hydroxylation sites is 1. The quantitative estimate of drug-likeness (QED) is 0.428. The zero-order chi connectivity index (χ0) is 21.1. The second kappa shape index (κ2) is 12.2. The summed E-state index contributed by atoms with van der Waals surface area (Å²) < 4.78 is 15.7. The maximum Gasteiger partial charge on any atom is 0.305 e. The van der Waals surface area contributed by atoms with Crippen LogP contribution in [-0.2, 0) is 19.1 Å². The number of ether oxygens (including phenoxy) is 3. The van der Waals surface area contributed by atoms with Crippen LogP contribution in [0, 0.1) is 5.92 Å². The van der Waals surface area contributed by atoms with Crippen LogP contribution in [0.2, 0.25) is 0 Å². The molecule has 0 aliphatic heterocycles. The molecule has 0 bridgehead atoms. The number of Topliss-reactive ketones (excluding diaryl/α,β-unsaturated/α-hetero) is 1. The summed E-state index contributed by atoms with van der Waals surface area (Å²) >= 11 is 0. The highest BCUT2D eigenvalue weighted by Crippen LogP contribution is 2.29. The molecular formula is C22H28O7. The molecule has 1 aliphatic rings. The van der Waals surface area contributed by atoms with Crippen LogP contribution in [0.3, 0.4) is 0 Å². The first kappa shape index (κ1) is 22.8. The molecule has 7 nitrogen and oxygen atoms in total. The predicted molar refractivity (Wildman–Crippen MR) is 105 cm³/mol. The standard InChI is InChI=1S/C22H28O7/c1-27-21(26)12-8-3-2-7-11-18-19(24)13-20(25)22(18)29-15-16(23)14-28-17-9-5-4-6-10-17/h3-7,9-10,16,18,20,22-23,25H,8,11-15H2,1H3/t2?,16?,18-,20+,22+/m1/s1. The molecule has 1 fully saturated rings. The summed E-state index contributed by atoms with van der Waals surface area (Å²) in [7, 11) is 1.34. The lowest BCUT2D eigenvalue weighted by molar-refractivity contribution is -0.140. The van der Waals surface area contributed by atoms with Gasteiger partial charge in [-0.1, -0.05) is 18.2 Å². The molecule has 0 spiro atoms. The zero-order valence-corrected chi connectivity index (χ0v) is 16.5. The van der Waals surface area contributed by atoms with Crippen molar-refractivity contribution in [3.8, 4) is 5.75 Å². The van der Waals surface area contributed by atoms with Crippen LogP contribution >= 0.6 is 0 Å². The minimum Gasteiger partial charge on any atom is -0.491 e. The Balaban J connectivity index is 1.78. The monoisotopic (exact) mass is 404 g/mol. The van der Waals surface area contributed by atoms with Crippen molar-refractivity contribution >= 4 is 11.8 Å². The van der Waals surface area contributed by atoms with Crippen molar-refractivity contribution in [2.75, 3.05) is 20.3 Å². The van der Waals surface area contributed by atoms with Crippen molar-refractivity contribution in [2.45, 2.75) is 44.0 Å². The summed E-state index contributed by atoms with van der Waals surface area (Å²) in [5, 5.41) is 20.2. The fraction of sp³-hybridized carbons (Fsp3) is 0.500. The molecule has 0 amide bonds. The number of hydrogen-bond donors (Lipinski definition) is 2. The number of allylic oxidation sites excluding steroid dienone is 1. The number of carbonyl (C=O) groups excluding carboxylic acids is 2. The number of benzene rings is 1. The average Bonchev–Trinajstić information content (AvgIpc) is 3.00. The van der Waals surface area contributed by atoms with Gasteiger partial charge < -0.3 is 24.4 Å². The molecule has 4 atom stereocenters. The van der Waals surface area contributed by atoms with E-state index in [0.717, 1.165) is 0 Å². The molecule has 1 aromatic rings. The van der Waals surface area contributed by atoms with Crippen molar-refractivity contribution in [2.24, 2.45) is 5.92 Å². The lowest BCUT2D eigenvalue weighted by atomic mass is 10.00. The first-order valence-corrected chi connectivity index (χ1v) is 9.65. The Morgan fingerprint density at radius 1 is 1.28 bits per heavy atom. The molecule has 29 heavy (non-hydrogen) atoms. The average molecular weight is 404 g/mol. The van der Waals surface area contributed by atoms with Crippen molar-refractivity contribution < 1.29 is 34.0 Å². The molecule has 0 heterocycles. The van der Waals surface area contributed by atoms with Crippen LogP contribution in [0.5, 0.6) is 5.75 Å². The highest BCUT2D eigenvalue weighted by molar-refractivity contribution is 5.85. The predicted octanol–water partition coefficient (Wildman–Crippen LogP) is 1.82. The lowest BCUT2D eigenvalue weighted by Crippen LogP contribution is -2.34. The van der Waals surface area contributed by atoms with Gasteiger partial charge in [0.15, 0.2) is 0 Å². The summed E-state index contributed by atoms with van der Waals surface area (Å²) in [6.07, 6.45) is 2.11. The molecule has 158 valence electrons. The van der Waals surface area contributed by atoms with Gasteiger partial charge in [0.1, 0.15) is 24.2 Å². The van der Waals surface area contributed by atoms with Gasteiger partial charge in [-0.05, 0) is 37.1 Å². The van der Waals surface area contributed by atoms with Crippen LogP contribution in [0.15, 0.2) is 48.2 Å². The van der Waals surface area contributed by atoms with Gasteiger partial charge in [-0.25, -0.2) is 0 Å². The van der Waals surface area contributed by atoms with E-state index in [0.29, 0.717) is 18.6 Å². The normalized spacial score (nSPS) is 21.9. The molecule has 7 heteroatoms. The number of aliphatic hydroxyl groups excluding tert-OH is 2. The smallest absolute Gasteiger partial charge is 0.305 e. The summed E-state index contributed by atoms with van der Waals surface area (Å²) in [6, 6.07) is 9.11. The van der Waals surface area contributed by atoms with Gasteiger partial charge in [0.25, 0.3) is 0 Å². The minimum absolute atomic E-state index is 0.0336. The number of methoxy groups -OCH3 is 1. The van der Waals surface area contributed by atoms with Crippen LogP contribution in [-0.4, -0.2) is 60.6 Å². The van der Waals surface area contributed by atoms with Crippen LogP contribution in [0.4, 0.5) is 0 Å². The fourth-order valence-electron chi connectivity index (χ4n) is 3.05. The maximum atomic E-state index is 12.2. The first-order valence-electron chi connectivity index (χ1n) is 9.65. The van der Waals surface area contributed by atoms with Gasteiger partial charge in [0, 0.05) is 12.8 Å². The number of hydrogen-bond acceptors (Lipinski definition) is 7. The third-order valence-corrected chi connectivity index (χ3v) is 4.59. The first-order chi connectivity index (χ1) is 14.0. The second-order valence-electron chi connectivity index (χ2n) is 6.85. The summed E-state index contributed by atoms with van der Waals surface area (Å²) in [5.74, 6) is -0.219. The second-order valence-corrected chi connectivity index (χ2v) is 6.85. The van der Waals surface area contributed by atoms with Crippen molar-refractivity contribution in [3.63, 3.8) is 0 Å². The molecule has 1 aromatic carbocycles. The molecule has 0 saturated heterocycles. The zero-order valence-electron chi connectivity index (χ0n) is 16.5. The molecule has 2 rings (SSSR count). The van der Waals surface area contributed by atoms with Crippen LogP contribution in [0.25, 0.3) is 0 Å². The van der Waals surface area contributed by atoms with E-state index in [9.17, 15) is 19.8 Å². The molecule has 0 radical (unpaired) electrons. The third-order valence-electron chi connectivity index (χ3n) is 4.59. The van der Waals surface area contributed by atoms with E-state index < -0.39 is 24.2 Å². The van der Waals surface area contributed by atoms with Gasteiger partial charge >= 0.3 is 5.97 Å². The van der Waals surface area contributed by atoms with E-state index in [-0.39, 0.29) is 37.8 Å². The van der Waals surface area contributed by atoms with Gasteiger partial charge in [0.05, 0.1) is 31.8 Å². The molecule has 2 N–H and O–H groups in total. The highest BCUT2D eigenvalue weighted by Gasteiger charge is 2.41. The Bertz CT molecular complexity index is 709. The van der Waals surface area contributed by atoms with E-state index in [1.807, 2.05) is 18.2 Å². The fourth-order valence-corrected chi connectivity index (χ4v) is 3.05. The number of esters is 1. The van der Waals surface area contributed by atoms with Crippen molar-refractivity contribution in [1.82, 2.24) is 0 Å². The Morgan fingerprint density at radius 3 is 2.76 bits per heavy atom. The molecule has 0 aromatic heterocycles. The lowest BCUT2D eigenvalue weighted by Gasteiger charge is -2.22. The van der Waals surface area contributed by atoms with E-state index in [1.165, 1.54) is 7.11 Å². The van der Waals surface area contributed by atoms with Gasteiger partial charge in [0.2, 0.25) is 0 Å². The van der Waals surface area contributed by atoms with E-state index in [2.05, 4.69) is 10.5 Å². The summed E-state index contributed by atoms with van der Waals surface area (Å²) in [6.45, 7) is 0.00526. The maximum absolute atomic E-state index is 12.2. The van der Waals surface area contributed by atoms with Gasteiger partial charge in [-0.15, -0.1) is 5.73 Å². The van der Waals surface area contributed by atoms with E-state index in [4.69, 9.17) is 9.47 Å². The third kappa shape index (κ3) is 7.83. The largest absolute Gasteiger partial charge is 0.491 e. The minimum atomic E-state index is -0.897. The number of rotatable bonds is 11. The molecule has 1 saturated carbocycles. The molecule has 1 unspecified atom stereocenters.